The summed E-state index contributed by atoms with van der Waals surface area (Å²) in [4.78, 5) is 10.2. The molecule has 0 fully saturated rings. The van der Waals surface area contributed by atoms with Gasteiger partial charge in [0.1, 0.15) is 0 Å². The summed E-state index contributed by atoms with van der Waals surface area (Å²) in [6, 6.07) is 8.16. The van der Waals surface area contributed by atoms with Crippen molar-refractivity contribution >= 4 is 41.3 Å². The molecule has 0 radical (unpaired) electrons. The highest BCUT2D eigenvalue weighted by molar-refractivity contribution is 14.0. The van der Waals surface area contributed by atoms with E-state index in [2.05, 4.69) is 52.0 Å². The lowest BCUT2D eigenvalue weighted by Gasteiger charge is -2.15. The quantitative estimate of drug-likeness (QED) is 0.345. The Balaban J connectivity index is 0.00000312. The van der Waals surface area contributed by atoms with E-state index in [1.165, 1.54) is 4.88 Å². The normalized spacial score (nSPS) is 12.2. The Kier molecular flexibility index (Phi) is 10.5. The largest absolute Gasteiger partial charge is 0.478 e. The van der Waals surface area contributed by atoms with E-state index in [-0.39, 0.29) is 24.0 Å². The average molecular weight is 474 g/mol. The smallest absolute Gasteiger partial charge is 0.213 e. The van der Waals surface area contributed by atoms with Gasteiger partial charge >= 0.3 is 0 Å². The standard InChI is InChI=1S/C18H26N4OS.HI/c1-4-19-18(21-12-14(3)16-7-6-10-24-16)22-13-15-8-9-20-17(11-15)23-5-2;/h6-11,14H,4-5,12-13H2,1-3H3,(H2,19,21,22);1H. The first kappa shape index (κ1) is 21.7. The molecular formula is C18H27IN4OS. The van der Waals surface area contributed by atoms with Crippen molar-refractivity contribution in [3.05, 3.63) is 46.3 Å². The predicted molar refractivity (Wildman–Crippen MR) is 116 cm³/mol. The maximum Gasteiger partial charge on any atom is 0.213 e. The van der Waals surface area contributed by atoms with Crippen LogP contribution < -0.4 is 15.4 Å². The molecule has 138 valence electrons. The second kappa shape index (κ2) is 12.1. The second-order valence-electron chi connectivity index (χ2n) is 5.43. The van der Waals surface area contributed by atoms with Gasteiger partial charge in [0.25, 0.3) is 0 Å². The molecule has 7 heteroatoms. The fourth-order valence-electron chi connectivity index (χ4n) is 2.21. The number of ether oxygens (including phenoxy) is 1. The Bertz CT molecular complexity index is 634. The molecule has 0 aliphatic heterocycles. The molecular weight excluding hydrogens is 447 g/mol. The van der Waals surface area contributed by atoms with Crippen LogP contribution >= 0.6 is 35.3 Å². The maximum atomic E-state index is 5.43. The fraction of sp³-hybridized carbons (Fsp3) is 0.444. The van der Waals surface area contributed by atoms with Crippen LogP contribution in [0.15, 0.2) is 40.8 Å². The van der Waals surface area contributed by atoms with E-state index < -0.39 is 0 Å². The van der Waals surface area contributed by atoms with Crippen LogP contribution in [0.25, 0.3) is 0 Å². The molecule has 2 N–H and O–H groups in total. The summed E-state index contributed by atoms with van der Waals surface area (Å²) in [6.45, 7) is 9.14. The molecule has 2 rings (SSSR count). The van der Waals surface area contributed by atoms with Gasteiger partial charge in [0.2, 0.25) is 5.88 Å². The Morgan fingerprint density at radius 2 is 2.16 bits per heavy atom. The summed E-state index contributed by atoms with van der Waals surface area (Å²) in [5.41, 5.74) is 1.08. The highest BCUT2D eigenvalue weighted by Gasteiger charge is 2.07. The third-order valence-corrected chi connectivity index (χ3v) is 4.56. The van der Waals surface area contributed by atoms with Crippen molar-refractivity contribution in [3.63, 3.8) is 0 Å². The van der Waals surface area contributed by atoms with Crippen LogP contribution in [0.2, 0.25) is 0 Å². The minimum absolute atomic E-state index is 0. The average Bonchev–Trinajstić information content (AvgIpc) is 3.12. The number of aliphatic imine (C=N–C) groups is 1. The van der Waals surface area contributed by atoms with Crippen LogP contribution in [0.3, 0.4) is 0 Å². The van der Waals surface area contributed by atoms with Crippen LogP contribution in [0.4, 0.5) is 0 Å². The number of pyridine rings is 1. The number of thiophene rings is 1. The number of hydrogen-bond donors (Lipinski definition) is 2. The van der Waals surface area contributed by atoms with Gasteiger partial charge in [-0.1, -0.05) is 13.0 Å². The highest BCUT2D eigenvalue weighted by Crippen LogP contribution is 2.19. The third kappa shape index (κ3) is 7.60. The van der Waals surface area contributed by atoms with E-state index in [1.54, 1.807) is 17.5 Å². The summed E-state index contributed by atoms with van der Waals surface area (Å²) < 4.78 is 5.43. The van der Waals surface area contributed by atoms with E-state index in [1.807, 2.05) is 19.1 Å². The molecule has 0 aromatic carbocycles. The summed E-state index contributed by atoms with van der Waals surface area (Å²) in [5, 5.41) is 8.82. The van der Waals surface area contributed by atoms with Crippen LogP contribution in [0.1, 0.15) is 37.1 Å². The van der Waals surface area contributed by atoms with Crippen molar-refractivity contribution in [1.29, 1.82) is 0 Å². The molecule has 0 spiro atoms. The van der Waals surface area contributed by atoms with Crippen LogP contribution in [0.5, 0.6) is 5.88 Å². The van der Waals surface area contributed by atoms with Gasteiger partial charge in [-0.2, -0.15) is 0 Å². The van der Waals surface area contributed by atoms with Crippen molar-refractivity contribution in [2.24, 2.45) is 4.99 Å². The molecule has 25 heavy (non-hydrogen) atoms. The van der Waals surface area contributed by atoms with E-state index in [9.17, 15) is 0 Å². The van der Waals surface area contributed by atoms with E-state index in [0.717, 1.165) is 24.6 Å². The van der Waals surface area contributed by atoms with Crippen molar-refractivity contribution in [1.82, 2.24) is 15.6 Å². The SMILES string of the molecule is CCNC(=NCc1ccnc(OCC)c1)NCC(C)c1cccs1.I. The molecule has 0 bridgehead atoms. The van der Waals surface area contributed by atoms with Crippen molar-refractivity contribution < 1.29 is 4.74 Å². The first-order valence-electron chi connectivity index (χ1n) is 8.36. The number of rotatable bonds is 8. The lowest BCUT2D eigenvalue weighted by Crippen LogP contribution is -2.39. The zero-order valence-corrected chi connectivity index (χ0v) is 18.1. The first-order chi connectivity index (χ1) is 11.7. The fourth-order valence-corrected chi connectivity index (χ4v) is 3.00. The minimum atomic E-state index is 0. The van der Waals surface area contributed by atoms with Gasteiger partial charge in [-0.05, 0) is 36.9 Å². The topological polar surface area (TPSA) is 58.5 Å². The monoisotopic (exact) mass is 474 g/mol. The Hall–Kier alpha value is -1.35. The number of halogens is 1. The Morgan fingerprint density at radius 3 is 2.84 bits per heavy atom. The molecule has 0 saturated carbocycles. The lowest BCUT2D eigenvalue weighted by atomic mass is 10.1. The highest BCUT2D eigenvalue weighted by atomic mass is 127. The zero-order valence-electron chi connectivity index (χ0n) is 15.0. The van der Waals surface area contributed by atoms with Crippen molar-refractivity contribution in [3.8, 4) is 5.88 Å². The lowest BCUT2D eigenvalue weighted by molar-refractivity contribution is 0.326. The van der Waals surface area contributed by atoms with Gasteiger partial charge in [0.05, 0.1) is 13.2 Å². The summed E-state index contributed by atoms with van der Waals surface area (Å²) in [6.07, 6.45) is 1.76. The molecule has 0 aliphatic carbocycles. The number of nitrogens with one attached hydrogen (secondary N) is 2. The molecule has 2 aromatic rings. The number of aromatic nitrogens is 1. The van der Waals surface area contributed by atoms with Crippen LogP contribution in [-0.4, -0.2) is 30.6 Å². The number of nitrogens with zero attached hydrogens (tertiary/aromatic N) is 2. The third-order valence-electron chi connectivity index (χ3n) is 3.46. The van der Waals surface area contributed by atoms with Crippen molar-refractivity contribution in [2.75, 3.05) is 19.7 Å². The van der Waals surface area contributed by atoms with Crippen molar-refractivity contribution in [2.45, 2.75) is 33.2 Å². The molecule has 2 aromatic heterocycles. The molecule has 1 atom stereocenters. The number of guanidine groups is 1. The maximum absolute atomic E-state index is 5.43. The summed E-state index contributed by atoms with van der Waals surface area (Å²) in [7, 11) is 0. The molecule has 5 nitrogen and oxygen atoms in total. The van der Waals surface area contributed by atoms with E-state index in [0.29, 0.717) is 24.9 Å². The molecule has 0 saturated heterocycles. The van der Waals surface area contributed by atoms with Gasteiger partial charge in [-0.25, -0.2) is 9.98 Å². The Morgan fingerprint density at radius 1 is 1.32 bits per heavy atom. The number of hydrogen-bond acceptors (Lipinski definition) is 4. The summed E-state index contributed by atoms with van der Waals surface area (Å²) in [5.74, 6) is 1.93. The molecule has 2 heterocycles. The molecule has 1 unspecified atom stereocenters. The first-order valence-corrected chi connectivity index (χ1v) is 9.24. The second-order valence-corrected chi connectivity index (χ2v) is 6.41. The Labute approximate surface area is 171 Å². The molecule has 0 amide bonds. The van der Waals surface area contributed by atoms with Gasteiger partial charge in [-0.3, -0.25) is 0 Å². The predicted octanol–water partition coefficient (Wildman–Crippen LogP) is 4.02. The van der Waals surface area contributed by atoms with Gasteiger partial charge in [0.15, 0.2) is 5.96 Å². The van der Waals surface area contributed by atoms with E-state index in [4.69, 9.17) is 4.74 Å². The summed E-state index contributed by atoms with van der Waals surface area (Å²) >= 11 is 1.79. The van der Waals surface area contributed by atoms with Crippen LogP contribution in [-0.2, 0) is 6.54 Å². The zero-order chi connectivity index (χ0) is 17.2. The van der Waals surface area contributed by atoms with Gasteiger partial charge in [-0.15, -0.1) is 35.3 Å². The minimum Gasteiger partial charge on any atom is -0.478 e. The van der Waals surface area contributed by atoms with Gasteiger partial charge < -0.3 is 15.4 Å². The van der Waals surface area contributed by atoms with Crippen LogP contribution in [0, 0.1) is 0 Å². The van der Waals surface area contributed by atoms with Gasteiger partial charge in [0, 0.05) is 36.1 Å². The molecule has 0 aliphatic rings. The van der Waals surface area contributed by atoms with E-state index >= 15 is 0 Å².